The van der Waals surface area contributed by atoms with E-state index in [4.69, 9.17) is 9.47 Å². The molecule has 1 unspecified atom stereocenters. The Balaban J connectivity index is 2.09. The van der Waals surface area contributed by atoms with Crippen LogP contribution in [0.1, 0.15) is 29.3 Å². The van der Waals surface area contributed by atoms with E-state index in [0.717, 1.165) is 23.4 Å². The number of carbonyl (C=O) groups excluding carboxylic acids is 1. The smallest absolute Gasteiger partial charge is 0.258 e. The number of hydrogen-bond acceptors (Lipinski definition) is 4. The van der Waals surface area contributed by atoms with E-state index >= 15 is 0 Å². The standard InChI is InChI=1S/C20H24N2O3/c1-20(16-10-5-7-12-18(16)25-3)21-17-11-6-4-9-15(17)19(23)22(20)13-8-14-24-2/h4-7,9-12,21H,8,13-14H2,1-3H3. The lowest BCUT2D eigenvalue weighted by molar-refractivity contribution is 0.0500. The Hall–Kier alpha value is -2.53. The largest absolute Gasteiger partial charge is 0.496 e. The number of para-hydroxylation sites is 2. The Morgan fingerprint density at radius 3 is 2.56 bits per heavy atom. The summed E-state index contributed by atoms with van der Waals surface area (Å²) >= 11 is 0. The Kier molecular flexibility index (Phi) is 4.95. The van der Waals surface area contributed by atoms with Crippen molar-refractivity contribution in [2.45, 2.75) is 19.0 Å². The number of hydrogen-bond donors (Lipinski definition) is 1. The lowest BCUT2D eigenvalue weighted by Gasteiger charge is -2.47. The van der Waals surface area contributed by atoms with Crippen molar-refractivity contribution in [3.8, 4) is 5.75 Å². The molecule has 5 heteroatoms. The first-order chi connectivity index (χ1) is 12.1. The highest BCUT2D eigenvalue weighted by molar-refractivity contribution is 6.02. The van der Waals surface area contributed by atoms with Gasteiger partial charge in [-0.25, -0.2) is 0 Å². The molecule has 0 saturated heterocycles. The third kappa shape index (κ3) is 3.07. The molecule has 1 heterocycles. The molecule has 0 aliphatic carbocycles. The number of amides is 1. The number of anilines is 1. The van der Waals surface area contributed by atoms with Crippen molar-refractivity contribution >= 4 is 11.6 Å². The van der Waals surface area contributed by atoms with Crippen LogP contribution in [0.25, 0.3) is 0 Å². The van der Waals surface area contributed by atoms with Gasteiger partial charge < -0.3 is 19.7 Å². The van der Waals surface area contributed by atoms with E-state index in [-0.39, 0.29) is 5.91 Å². The van der Waals surface area contributed by atoms with Crippen molar-refractivity contribution < 1.29 is 14.3 Å². The van der Waals surface area contributed by atoms with Gasteiger partial charge in [-0.2, -0.15) is 0 Å². The summed E-state index contributed by atoms with van der Waals surface area (Å²) in [5, 5.41) is 3.56. The zero-order valence-electron chi connectivity index (χ0n) is 14.9. The summed E-state index contributed by atoms with van der Waals surface area (Å²) in [5.74, 6) is 0.764. The van der Waals surface area contributed by atoms with E-state index < -0.39 is 5.66 Å². The number of nitrogens with zero attached hydrogens (tertiary/aromatic N) is 1. The van der Waals surface area contributed by atoms with Crippen molar-refractivity contribution in [3.63, 3.8) is 0 Å². The van der Waals surface area contributed by atoms with Gasteiger partial charge in [-0.05, 0) is 31.5 Å². The summed E-state index contributed by atoms with van der Waals surface area (Å²) < 4.78 is 10.7. The molecule has 1 aliphatic heterocycles. The number of methoxy groups -OCH3 is 2. The zero-order valence-corrected chi connectivity index (χ0v) is 14.9. The minimum Gasteiger partial charge on any atom is -0.496 e. The third-order valence-corrected chi connectivity index (χ3v) is 4.68. The normalized spacial score (nSPS) is 19.3. The first kappa shape index (κ1) is 17.3. The molecular weight excluding hydrogens is 316 g/mol. The predicted molar refractivity (Wildman–Crippen MR) is 97.9 cm³/mol. The summed E-state index contributed by atoms with van der Waals surface area (Å²) in [7, 11) is 3.32. The highest BCUT2D eigenvalue weighted by Crippen LogP contribution is 2.41. The van der Waals surface area contributed by atoms with Crippen LogP contribution in [0, 0.1) is 0 Å². The van der Waals surface area contributed by atoms with Gasteiger partial charge in [0.1, 0.15) is 11.4 Å². The van der Waals surface area contributed by atoms with E-state index in [0.29, 0.717) is 18.7 Å². The van der Waals surface area contributed by atoms with Crippen LogP contribution in [0.2, 0.25) is 0 Å². The van der Waals surface area contributed by atoms with Gasteiger partial charge in [-0.15, -0.1) is 0 Å². The molecule has 1 amide bonds. The number of fused-ring (bicyclic) bond motifs is 1. The zero-order chi connectivity index (χ0) is 17.9. The van der Waals surface area contributed by atoms with Crippen LogP contribution in [0.15, 0.2) is 48.5 Å². The van der Waals surface area contributed by atoms with Gasteiger partial charge in [0.2, 0.25) is 0 Å². The third-order valence-electron chi connectivity index (χ3n) is 4.68. The molecule has 1 N–H and O–H groups in total. The van der Waals surface area contributed by atoms with E-state index in [1.165, 1.54) is 0 Å². The Bertz CT molecular complexity index is 762. The lowest BCUT2D eigenvalue weighted by atomic mass is 9.92. The fourth-order valence-electron chi connectivity index (χ4n) is 3.41. The average Bonchev–Trinajstić information content (AvgIpc) is 2.64. The van der Waals surface area contributed by atoms with Gasteiger partial charge in [-0.1, -0.05) is 30.3 Å². The maximum Gasteiger partial charge on any atom is 0.258 e. The summed E-state index contributed by atoms with van der Waals surface area (Å²) in [6, 6.07) is 15.4. The van der Waals surface area contributed by atoms with Crippen molar-refractivity contribution in [1.29, 1.82) is 0 Å². The van der Waals surface area contributed by atoms with Gasteiger partial charge >= 0.3 is 0 Å². The molecule has 2 aromatic rings. The minimum absolute atomic E-state index is 0.0128. The van der Waals surface area contributed by atoms with Crippen LogP contribution in [-0.2, 0) is 10.4 Å². The second kappa shape index (κ2) is 7.15. The topological polar surface area (TPSA) is 50.8 Å². The Morgan fingerprint density at radius 2 is 1.80 bits per heavy atom. The van der Waals surface area contributed by atoms with Gasteiger partial charge in [0.15, 0.2) is 0 Å². The molecule has 5 nitrogen and oxygen atoms in total. The number of nitrogens with one attached hydrogen (secondary N) is 1. The fourth-order valence-corrected chi connectivity index (χ4v) is 3.41. The van der Waals surface area contributed by atoms with Crippen molar-refractivity contribution in [1.82, 2.24) is 4.90 Å². The number of ether oxygens (including phenoxy) is 2. The molecule has 0 aromatic heterocycles. The highest BCUT2D eigenvalue weighted by atomic mass is 16.5. The predicted octanol–water partition coefficient (Wildman–Crippen LogP) is 3.47. The lowest BCUT2D eigenvalue weighted by Crippen LogP contribution is -2.56. The van der Waals surface area contributed by atoms with Crippen LogP contribution in [0.3, 0.4) is 0 Å². The molecular formula is C20H24N2O3. The second-order valence-electron chi connectivity index (χ2n) is 6.25. The van der Waals surface area contributed by atoms with Gasteiger partial charge in [0.05, 0.1) is 12.7 Å². The quantitative estimate of drug-likeness (QED) is 0.818. The minimum atomic E-state index is -0.703. The molecule has 25 heavy (non-hydrogen) atoms. The first-order valence-electron chi connectivity index (χ1n) is 8.43. The number of rotatable bonds is 6. The van der Waals surface area contributed by atoms with Crippen LogP contribution < -0.4 is 10.1 Å². The number of carbonyl (C=O) groups is 1. The first-order valence-corrected chi connectivity index (χ1v) is 8.43. The average molecular weight is 340 g/mol. The molecule has 1 aliphatic rings. The van der Waals surface area contributed by atoms with Crippen LogP contribution in [0.5, 0.6) is 5.75 Å². The van der Waals surface area contributed by atoms with E-state index in [1.54, 1.807) is 14.2 Å². The van der Waals surface area contributed by atoms with Crippen molar-refractivity contribution in [2.24, 2.45) is 0 Å². The maximum absolute atomic E-state index is 13.2. The van der Waals surface area contributed by atoms with E-state index in [1.807, 2.05) is 60.4 Å². The summed E-state index contributed by atoms with van der Waals surface area (Å²) in [6.07, 6.45) is 0.761. The second-order valence-corrected chi connectivity index (χ2v) is 6.25. The Labute approximate surface area is 148 Å². The monoisotopic (exact) mass is 340 g/mol. The molecule has 0 bridgehead atoms. The number of benzene rings is 2. The fraction of sp³-hybridized carbons (Fsp3) is 0.350. The summed E-state index contributed by atoms with van der Waals surface area (Å²) in [5.41, 5.74) is 1.75. The van der Waals surface area contributed by atoms with E-state index in [2.05, 4.69) is 5.32 Å². The summed E-state index contributed by atoms with van der Waals surface area (Å²) in [4.78, 5) is 15.1. The van der Waals surface area contributed by atoms with Crippen LogP contribution in [0.4, 0.5) is 5.69 Å². The van der Waals surface area contributed by atoms with E-state index in [9.17, 15) is 4.79 Å². The van der Waals surface area contributed by atoms with Gasteiger partial charge in [0.25, 0.3) is 5.91 Å². The molecule has 0 saturated carbocycles. The molecule has 0 radical (unpaired) electrons. The van der Waals surface area contributed by atoms with Gasteiger partial charge in [-0.3, -0.25) is 4.79 Å². The van der Waals surface area contributed by atoms with Crippen molar-refractivity contribution in [2.75, 3.05) is 32.7 Å². The molecule has 132 valence electrons. The maximum atomic E-state index is 13.2. The highest BCUT2D eigenvalue weighted by Gasteiger charge is 2.43. The molecule has 0 fully saturated rings. The molecule has 2 aromatic carbocycles. The molecule has 1 atom stereocenters. The SMILES string of the molecule is COCCCN1C(=O)c2ccccc2NC1(C)c1ccccc1OC. The van der Waals surface area contributed by atoms with Crippen molar-refractivity contribution in [3.05, 3.63) is 59.7 Å². The van der Waals surface area contributed by atoms with Crippen LogP contribution in [-0.4, -0.2) is 38.2 Å². The summed E-state index contributed by atoms with van der Waals surface area (Å²) in [6.45, 7) is 3.21. The van der Waals surface area contributed by atoms with Gasteiger partial charge in [0, 0.05) is 31.5 Å². The Morgan fingerprint density at radius 1 is 1.08 bits per heavy atom. The molecule has 3 rings (SSSR count). The molecule has 0 spiro atoms. The van der Waals surface area contributed by atoms with Crippen LogP contribution >= 0.6 is 0 Å².